The number of nitrogens with one attached hydrogen (secondary N) is 1. The van der Waals surface area contributed by atoms with Crippen molar-refractivity contribution in [3.05, 3.63) is 72.0 Å². The topological polar surface area (TPSA) is 47.6 Å². The molecule has 7 heteroatoms. The first-order chi connectivity index (χ1) is 13.7. The Bertz CT molecular complexity index is 804. The summed E-state index contributed by atoms with van der Waals surface area (Å²) in [4.78, 5) is 12.4. The molecule has 0 saturated heterocycles. The monoisotopic (exact) mass is 407 g/mol. The molecule has 1 N–H and O–H groups in total. The van der Waals surface area contributed by atoms with E-state index in [1.165, 1.54) is 31.4 Å². The van der Waals surface area contributed by atoms with Crippen LogP contribution in [-0.2, 0) is 9.53 Å². The van der Waals surface area contributed by atoms with E-state index in [1.54, 1.807) is 24.3 Å². The van der Waals surface area contributed by atoms with Gasteiger partial charge in [-0.05, 0) is 48.6 Å². The lowest BCUT2D eigenvalue weighted by atomic mass is 10.0. The maximum absolute atomic E-state index is 12.4. The summed E-state index contributed by atoms with van der Waals surface area (Å²) in [6.45, 7) is 5.60. The Morgan fingerprint density at radius 3 is 2.45 bits per heavy atom. The van der Waals surface area contributed by atoms with Crippen LogP contribution in [0.3, 0.4) is 0 Å². The molecular weight excluding hydrogens is 383 g/mol. The number of ether oxygens (including phenoxy) is 2. The number of benzene rings is 1. The number of allylic oxidation sites excluding steroid dienone is 3. The molecule has 1 aliphatic carbocycles. The first-order valence-electron chi connectivity index (χ1n) is 9.14. The normalized spacial score (nSPS) is 16.1. The fraction of sp³-hybridized carbons (Fsp3) is 0.318. The summed E-state index contributed by atoms with van der Waals surface area (Å²) in [5.74, 6) is -0.104. The number of amides is 1. The van der Waals surface area contributed by atoms with Gasteiger partial charge >= 0.3 is 6.36 Å². The highest BCUT2D eigenvalue weighted by Crippen LogP contribution is 2.23. The van der Waals surface area contributed by atoms with E-state index in [0.29, 0.717) is 16.9 Å². The number of carbonyl (C=O) groups is 1. The molecule has 1 amide bonds. The molecule has 1 unspecified atom stereocenters. The van der Waals surface area contributed by atoms with Crippen LogP contribution in [0.4, 0.5) is 13.2 Å². The molecule has 29 heavy (non-hydrogen) atoms. The number of carbonyl (C=O) groups excluding carboxylic acids is 1. The predicted octanol–water partition coefficient (Wildman–Crippen LogP) is 5.16. The fourth-order valence-corrected chi connectivity index (χ4v) is 2.34. The van der Waals surface area contributed by atoms with Crippen molar-refractivity contribution in [1.82, 2.24) is 5.32 Å². The van der Waals surface area contributed by atoms with Crippen LogP contribution in [0.15, 0.2) is 66.5 Å². The number of rotatable bonds is 9. The summed E-state index contributed by atoms with van der Waals surface area (Å²) in [6, 6.07) is 5.78. The Hall–Kier alpha value is -2.96. The van der Waals surface area contributed by atoms with Gasteiger partial charge in [0.2, 0.25) is 0 Å². The van der Waals surface area contributed by atoms with Crippen molar-refractivity contribution in [3.8, 4) is 5.75 Å². The predicted molar refractivity (Wildman–Crippen MR) is 106 cm³/mol. The average molecular weight is 407 g/mol. The largest absolute Gasteiger partial charge is 0.573 e. The summed E-state index contributed by atoms with van der Waals surface area (Å²) in [5.41, 5.74) is 1.20. The van der Waals surface area contributed by atoms with Crippen molar-refractivity contribution in [1.29, 1.82) is 0 Å². The van der Waals surface area contributed by atoms with Crippen molar-refractivity contribution in [2.75, 3.05) is 7.11 Å². The molecule has 1 aliphatic rings. The van der Waals surface area contributed by atoms with Gasteiger partial charge in [0, 0.05) is 11.6 Å². The van der Waals surface area contributed by atoms with Crippen LogP contribution in [0, 0.1) is 5.92 Å². The minimum absolute atomic E-state index is 0.0958. The molecule has 1 aromatic rings. The molecule has 4 nitrogen and oxygen atoms in total. The molecular formula is C22H24F3NO3. The van der Waals surface area contributed by atoms with Gasteiger partial charge in [-0.1, -0.05) is 43.9 Å². The van der Waals surface area contributed by atoms with E-state index in [9.17, 15) is 18.0 Å². The van der Waals surface area contributed by atoms with Gasteiger partial charge in [0.05, 0.1) is 7.11 Å². The van der Waals surface area contributed by atoms with E-state index >= 15 is 0 Å². The van der Waals surface area contributed by atoms with Gasteiger partial charge in [0.1, 0.15) is 11.5 Å². The summed E-state index contributed by atoms with van der Waals surface area (Å²) in [7, 11) is 1.50. The quantitative estimate of drug-likeness (QED) is 0.350. The second kappa shape index (κ2) is 10.0. The van der Waals surface area contributed by atoms with E-state index in [0.717, 1.165) is 12.8 Å². The summed E-state index contributed by atoms with van der Waals surface area (Å²) in [5, 5.41) is 2.94. The molecule has 1 fully saturated rings. The van der Waals surface area contributed by atoms with Crippen LogP contribution in [0.2, 0.25) is 0 Å². The van der Waals surface area contributed by atoms with Crippen molar-refractivity contribution in [3.63, 3.8) is 0 Å². The van der Waals surface area contributed by atoms with Gasteiger partial charge in [0.25, 0.3) is 5.91 Å². The SMILES string of the molecule is C=C(/C=C\C(=C/C(C)/C=C/c1ccc(OC(F)(F)F)cc1)C(=O)NC1CC1)OC. The standard InChI is InChI=1S/C22H24F3NO3/c1-15(4-6-17-7-12-20(13-8-17)29-22(23,24)25)14-18(9-5-16(2)28-3)21(27)26-19-10-11-19/h4-9,12-15,19H,2,10-11H2,1,3H3,(H,26,27)/b6-4+,9-5-,18-14+. The Morgan fingerprint density at radius 1 is 1.24 bits per heavy atom. The highest BCUT2D eigenvalue weighted by molar-refractivity contribution is 5.96. The second-order valence-electron chi connectivity index (χ2n) is 6.71. The minimum atomic E-state index is -4.71. The number of hydrogen-bond donors (Lipinski definition) is 1. The first kappa shape index (κ1) is 22.3. The number of methoxy groups -OCH3 is 1. The van der Waals surface area contributed by atoms with E-state index in [2.05, 4.69) is 16.6 Å². The molecule has 2 rings (SSSR count). The lowest BCUT2D eigenvalue weighted by molar-refractivity contribution is -0.274. The lowest BCUT2D eigenvalue weighted by Crippen LogP contribution is -2.26. The van der Waals surface area contributed by atoms with E-state index in [4.69, 9.17) is 4.74 Å². The number of alkyl halides is 3. The Balaban J connectivity index is 2.06. The van der Waals surface area contributed by atoms with E-state index in [1.807, 2.05) is 13.0 Å². The average Bonchev–Trinajstić information content (AvgIpc) is 3.46. The van der Waals surface area contributed by atoms with Gasteiger partial charge in [-0.3, -0.25) is 4.79 Å². The van der Waals surface area contributed by atoms with Crippen molar-refractivity contribution >= 4 is 12.0 Å². The van der Waals surface area contributed by atoms with Gasteiger partial charge in [0.15, 0.2) is 0 Å². The molecule has 0 radical (unpaired) electrons. The van der Waals surface area contributed by atoms with Crippen molar-refractivity contribution in [2.24, 2.45) is 5.92 Å². The van der Waals surface area contributed by atoms with Gasteiger partial charge < -0.3 is 14.8 Å². The molecule has 1 saturated carbocycles. The summed E-state index contributed by atoms with van der Waals surface area (Å²) < 4.78 is 45.5. The number of hydrogen-bond acceptors (Lipinski definition) is 3. The zero-order chi connectivity index (χ0) is 21.4. The fourth-order valence-electron chi connectivity index (χ4n) is 2.34. The third-order valence-electron chi connectivity index (χ3n) is 4.03. The molecule has 1 atom stereocenters. The second-order valence-corrected chi connectivity index (χ2v) is 6.71. The van der Waals surface area contributed by atoms with Crippen LogP contribution in [0.1, 0.15) is 25.3 Å². The molecule has 156 valence electrons. The van der Waals surface area contributed by atoms with Crippen molar-refractivity contribution < 1.29 is 27.4 Å². The van der Waals surface area contributed by atoms with Crippen LogP contribution in [-0.4, -0.2) is 25.4 Å². The smallest absolute Gasteiger partial charge is 0.497 e. The van der Waals surface area contributed by atoms with Crippen LogP contribution in [0.5, 0.6) is 5.75 Å². The van der Waals surface area contributed by atoms with E-state index in [-0.39, 0.29) is 23.6 Å². The Kier molecular flexibility index (Phi) is 7.70. The summed E-state index contributed by atoms with van der Waals surface area (Å²) >= 11 is 0. The molecule has 1 aromatic carbocycles. The van der Waals surface area contributed by atoms with Crippen LogP contribution < -0.4 is 10.1 Å². The van der Waals surface area contributed by atoms with Gasteiger partial charge in [-0.2, -0.15) is 0 Å². The highest BCUT2D eigenvalue weighted by atomic mass is 19.4. The minimum Gasteiger partial charge on any atom is -0.497 e. The van der Waals surface area contributed by atoms with Gasteiger partial charge in [-0.15, -0.1) is 13.2 Å². The maximum Gasteiger partial charge on any atom is 0.573 e. The summed E-state index contributed by atoms with van der Waals surface area (Å²) in [6.07, 6.45) is 5.94. The van der Waals surface area contributed by atoms with Crippen LogP contribution >= 0.6 is 0 Å². The molecule has 0 heterocycles. The zero-order valence-electron chi connectivity index (χ0n) is 16.3. The lowest BCUT2D eigenvalue weighted by Gasteiger charge is -2.09. The molecule has 0 aromatic heterocycles. The maximum atomic E-state index is 12.4. The zero-order valence-corrected chi connectivity index (χ0v) is 16.3. The van der Waals surface area contributed by atoms with Crippen molar-refractivity contribution in [2.45, 2.75) is 32.2 Å². The van der Waals surface area contributed by atoms with E-state index < -0.39 is 6.36 Å². The highest BCUT2D eigenvalue weighted by Gasteiger charge is 2.30. The third-order valence-corrected chi connectivity index (χ3v) is 4.03. The molecule has 0 bridgehead atoms. The third kappa shape index (κ3) is 8.72. The van der Waals surface area contributed by atoms with Gasteiger partial charge in [-0.25, -0.2) is 0 Å². The molecule has 0 spiro atoms. The Labute approximate surface area is 168 Å². The van der Waals surface area contributed by atoms with Crippen LogP contribution in [0.25, 0.3) is 6.08 Å². The number of halogens is 3. The Morgan fingerprint density at radius 2 is 1.90 bits per heavy atom. The first-order valence-corrected chi connectivity index (χ1v) is 9.14. The molecule has 0 aliphatic heterocycles.